The van der Waals surface area contributed by atoms with Crippen LogP contribution in [0.2, 0.25) is 0 Å². The van der Waals surface area contributed by atoms with Gasteiger partial charge in [-0.25, -0.2) is 0 Å². The van der Waals surface area contributed by atoms with E-state index in [4.69, 9.17) is 0 Å². The molecule has 0 spiro atoms. The van der Waals surface area contributed by atoms with Crippen LogP contribution in [0.3, 0.4) is 0 Å². The van der Waals surface area contributed by atoms with Crippen LogP contribution in [0.25, 0.3) is 6.08 Å². The maximum Gasteiger partial charge on any atom is 0.257 e. The molecule has 0 N–H and O–H groups in total. The highest BCUT2D eigenvalue weighted by molar-refractivity contribution is 9.09. The first kappa shape index (κ1) is 10.9. The minimum atomic E-state index is -0.380. The Morgan fingerprint density at radius 1 is 1.50 bits per heavy atom. The number of rotatable bonds is 3. The highest BCUT2D eigenvalue weighted by Gasteiger charge is 2.07. The summed E-state index contributed by atoms with van der Waals surface area (Å²) in [6, 6.07) is 7.58. The van der Waals surface area contributed by atoms with Crippen molar-refractivity contribution in [2.24, 2.45) is 0 Å². The molecular weight excluding hydrogens is 246 g/mol. The van der Waals surface area contributed by atoms with Crippen LogP contribution in [-0.2, 0) is 0 Å². The Balaban J connectivity index is 2.95. The molecule has 1 rings (SSSR count). The van der Waals surface area contributed by atoms with Gasteiger partial charge in [0.15, 0.2) is 0 Å². The van der Waals surface area contributed by atoms with E-state index in [2.05, 4.69) is 15.9 Å². The molecule has 0 atom stereocenters. The van der Waals surface area contributed by atoms with Gasteiger partial charge in [0.1, 0.15) is 0 Å². The third kappa shape index (κ3) is 2.96. The van der Waals surface area contributed by atoms with Crippen LogP contribution in [0.5, 0.6) is 0 Å². The Morgan fingerprint density at radius 2 is 2.07 bits per heavy atom. The lowest BCUT2D eigenvalue weighted by molar-refractivity contribution is -0.421. The summed E-state index contributed by atoms with van der Waals surface area (Å²) in [5.74, 6) is 0. The molecule has 0 radical (unpaired) electrons. The number of hydrogen-bond donors (Lipinski definition) is 0. The van der Waals surface area contributed by atoms with Crippen molar-refractivity contribution >= 4 is 22.0 Å². The number of aryl methyl sites for hydroxylation is 1. The monoisotopic (exact) mass is 255 g/mol. The summed E-state index contributed by atoms with van der Waals surface area (Å²) < 4.78 is 0. The van der Waals surface area contributed by atoms with Gasteiger partial charge in [-0.3, -0.25) is 10.1 Å². The average molecular weight is 256 g/mol. The van der Waals surface area contributed by atoms with Gasteiger partial charge in [0, 0.05) is 6.08 Å². The van der Waals surface area contributed by atoms with Crippen LogP contribution in [0, 0.1) is 17.0 Å². The molecule has 0 saturated heterocycles. The van der Waals surface area contributed by atoms with Crippen molar-refractivity contribution in [1.29, 1.82) is 0 Å². The SMILES string of the molecule is Cc1ccc(/C=C(\CBr)[N+](=O)[O-])cc1. The first-order chi connectivity index (χ1) is 6.63. The van der Waals surface area contributed by atoms with E-state index in [1.807, 2.05) is 31.2 Å². The first-order valence-corrected chi connectivity index (χ1v) is 5.23. The Bertz CT molecular complexity index is 357. The van der Waals surface area contributed by atoms with Crippen LogP contribution in [0.1, 0.15) is 11.1 Å². The summed E-state index contributed by atoms with van der Waals surface area (Å²) in [5.41, 5.74) is 2.15. The van der Waals surface area contributed by atoms with Crippen LogP contribution < -0.4 is 0 Å². The largest absolute Gasteiger partial charge is 0.259 e. The number of benzene rings is 1. The van der Waals surface area contributed by atoms with Crippen LogP contribution in [-0.4, -0.2) is 10.3 Å². The standard InChI is InChI=1S/C10H10BrNO2/c1-8-2-4-9(5-3-8)6-10(7-11)12(13)14/h2-6H,7H2,1H3/b10-6+. The fourth-order valence-electron chi connectivity index (χ4n) is 0.995. The lowest BCUT2D eigenvalue weighted by Gasteiger charge is -1.95. The van der Waals surface area contributed by atoms with Gasteiger partial charge in [-0.05, 0) is 12.5 Å². The maximum atomic E-state index is 10.5. The van der Waals surface area contributed by atoms with Crippen molar-refractivity contribution in [3.8, 4) is 0 Å². The second kappa shape index (κ2) is 4.91. The predicted molar refractivity (Wildman–Crippen MR) is 59.9 cm³/mol. The summed E-state index contributed by atoms with van der Waals surface area (Å²) in [5, 5.41) is 10.8. The van der Waals surface area contributed by atoms with E-state index in [1.165, 1.54) is 0 Å². The number of nitrogens with zero attached hydrogens (tertiary/aromatic N) is 1. The maximum absolute atomic E-state index is 10.5. The number of hydrogen-bond acceptors (Lipinski definition) is 2. The molecule has 0 saturated carbocycles. The van der Waals surface area contributed by atoms with Crippen molar-refractivity contribution in [3.05, 3.63) is 51.2 Å². The van der Waals surface area contributed by atoms with Crippen LogP contribution in [0.4, 0.5) is 0 Å². The molecule has 1 aromatic rings. The van der Waals surface area contributed by atoms with Crippen molar-refractivity contribution in [2.75, 3.05) is 5.33 Å². The lowest BCUT2D eigenvalue weighted by atomic mass is 10.1. The number of allylic oxidation sites excluding steroid dienone is 1. The van der Waals surface area contributed by atoms with Gasteiger partial charge >= 0.3 is 0 Å². The zero-order chi connectivity index (χ0) is 10.6. The summed E-state index contributed by atoms with van der Waals surface area (Å²) >= 11 is 3.08. The van der Waals surface area contributed by atoms with Gasteiger partial charge in [0.25, 0.3) is 5.70 Å². The Kier molecular flexibility index (Phi) is 3.83. The molecule has 1 aromatic carbocycles. The molecule has 4 heteroatoms. The molecule has 3 nitrogen and oxygen atoms in total. The fraction of sp³-hybridized carbons (Fsp3) is 0.200. The van der Waals surface area contributed by atoms with Crippen LogP contribution in [0.15, 0.2) is 30.0 Å². The highest BCUT2D eigenvalue weighted by atomic mass is 79.9. The fourth-order valence-corrected chi connectivity index (χ4v) is 1.36. The topological polar surface area (TPSA) is 43.1 Å². The molecule has 0 aliphatic heterocycles. The normalized spacial score (nSPS) is 11.4. The quantitative estimate of drug-likeness (QED) is 0.474. The van der Waals surface area contributed by atoms with Gasteiger partial charge in [-0.2, -0.15) is 0 Å². The lowest BCUT2D eigenvalue weighted by Crippen LogP contribution is -1.99. The minimum absolute atomic E-state index is 0.161. The summed E-state index contributed by atoms with van der Waals surface area (Å²) in [6.07, 6.45) is 1.56. The number of halogens is 1. The predicted octanol–water partition coefficient (Wildman–Crippen LogP) is 3.01. The second-order valence-corrected chi connectivity index (χ2v) is 3.50. The smallest absolute Gasteiger partial charge is 0.257 e. The zero-order valence-corrected chi connectivity index (χ0v) is 9.32. The molecule has 0 unspecified atom stereocenters. The number of nitro groups is 1. The van der Waals surface area contributed by atoms with Crippen molar-refractivity contribution in [3.63, 3.8) is 0 Å². The average Bonchev–Trinajstić information content (AvgIpc) is 2.16. The molecule has 0 bridgehead atoms. The molecule has 0 aliphatic carbocycles. The third-order valence-electron chi connectivity index (χ3n) is 1.78. The van der Waals surface area contributed by atoms with Gasteiger partial charge in [0.05, 0.1) is 10.3 Å². The Labute approximate surface area is 90.7 Å². The molecule has 74 valence electrons. The summed E-state index contributed by atoms with van der Waals surface area (Å²) in [7, 11) is 0. The molecule has 0 amide bonds. The van der Waals surface area contributed by atoms with Gasteiger partial charge in [-0.1, -0.05) is 45.8 Å². The Hall–Kier alpha value is -1.16. The van der Waals surface area contributed by atoms with Gasteiger partial charge in [0.2, 0.25) is 0 Å². The molecule has 0 aliphatic rings. The van der Waals surface area contributed by atoms with E-state index < -0.39 is 0 Å². The molecule has 14 heavy (non-hydrogen) atoms. The summed E-state index contributed by atoms with van der Waals surface area (Å²) in [4.78, 5) is 10.1. The van der Waals surface area contributed by atoms with E-state index >= 15 is 0 Å². The number of alkyl halides is 1. The van der Waals surface area contributed by atoms with Gasteiger partial charge in [-0.15, -0.1) is 0 Å². The van der Waals surface area contributed by atoms with Crippen LogP contribution >= 0.6 is 15.9 Å². The molecule has 0 aromatic heterocycles. The third-order valence-corrected chi connectivity index (χ3v) is 2.36. The van der Waals surface area contributed by atoms with E-state index in [-0.39, 0.29) is 16.0 Å². The van der Waals surface area contributed by atoms with E-state index in [1.54, 1.807) is 6.08 Å². The molecular formula is C10H10BrNO2. The molecule has 0 heterocycles. The highest BCUT2D eigenvalue weighted by Crippen LogP contribution is 2.10. The van der Waals surface area contributed by atoms with Crippen molar-refractivity contribution < 1.29 is 4.92 Å². The minimum Gasteiger partial charge on any atom is -0.259 e. The van der Waals surface area contributed by atoms with Gasteiger partial charge < -0.3 is 0 Å². The summed E-state index contributed by atoms with van der Waals surface area (Å²) in [6.45, 7) is 1.98. The Morgan fingerprint density at radius 3 is 2.50 bits per heavy atom. The molecule has 0 fully saturated rings. The van der Waals surface area contributed by atoms with E-state index in [0.717, 1.165) is 11.1 Å². The second-order valence-electron chi connectivity index (χ2n) is 2.94. The first-order valence-electron chi connectivity index (χ1n) is 4.11. The van der Waals surface area contributed by atoms with E-state index in [0.29, 0.717) is 0 Å². The van der Waals surface area contributed by atoms with Crippen molar-refractivity contribution in [1.82, 2.24) is 0 Å². The van der Waals surface area contributed by atoms with Crippen molar-refractivity contribution in [2.45, 2.75) is 6.92 Å². The van der Waals surface area contributed by atoms with E-state index in [9.17, 15) is 10.1 Å². The zero-order valence-electron chi connectivity index (χ0n) is 7.74.